The number of hydrogen-bond donors (Lipinski definition) is 0. The molecule has 42 heavy (non-hydrogen) atoms. The van der Waals surface area contributed by atoms with E-state index < -0.39 is 0 Å². The van der Waals surface area contributed by atoms with E-state index in [1.807, 2.05) is 6.07 Å². The van der Waals surface area contributed by atoms with Crippen molar-refractivity contribution in [3.8, 4) is 12.1 Å². The summed E-state index contributed by atoms with van der Waals surface area (Å²) in [5, 5.41) is 10.3. The van der Waals surface area contributed by atoms with E-state index in [-0.39, 0.29) is 18.4 Å². The summed E-state index contributed by atoms with van der Waals surface area (Å²) >= 11 is 6.44. The second kappa shape index (κ2) is 12.5. The van der Waals surface area contributed by atoms with E-state index in [0.717, 1.165) is 68.1 Å². The van der Waals surface area contributed by atoms with Crippen LogP contribution in [0.3, 0.4) is 0 Å². The fraction of sp³-hybridized carbons (Fsp3) is 0.562. The third kappa shape index (κ3) is 5.80. The molecular formula is C32H40ClN7O2. The van der Waals surface area contributed by atoms with Gasteiger partial charge >= 0.3 is 6.01 Å². The van der Waals surface area contributed by atoms with Crippen molar-refractivity contribution in [2.45, 2.75) is 69.5 Å². The number of anilines is 2. The molecule has 0 saturated carbocycles. The molecule has 6 rings (SSSR count). The van der Waals surface area contributed by atoms with Crippen molar-refractivity contribution in [3.05, 3.63) is 52.7 Å². The lowest BCUT2D eigenvalue weighted by atomic mass is 9.88. The summed E-state index contributed by atoms with van der Waals surface area (Å²) in [7, 11) is 2.15. The number of halogens is 1. The number of hydrogen-bond acceptors (Lipinski definition) is 8. The van der Waals surface area contributed by atoms with Crippen LogP contribution < -0.4 is 14.5 Å². The first kappa shape index (κ1) is 28.8. The molecule has 2 saturated heterocycles. The predicted octanol–water partition coefficient (Wildman–Crippen LogP) is 4.03. The van der Waals surface area contributed by atoms with Gasteiger partial charge in [0, 0.05) is 61.0 Å². The van der Waals surface area contributed by atoms with Gasteiger partial charge in [-0.15, -0.1) is 0 Å². The van der Waals surface area contributed by atoms with Crippen molar-refractivity contribution >= 4 is 29.0 Å². The lowest BCUT2D eigenvalue weighted by Crippen LogP contribution is -2.55. The fourth-order valence-electron chi connectivity index (χ4n) is 7.20. The number of ether oxygens (including phenoxy) is 1. The zero-order valence-electron chi connectivity index (χ0n) is 24.5. The molecule has 3 atom stereocenters. The van der Waals surface area contributed by atoms with Crippen LogP contribution >= 0.6 is 11.6 Å². The van der Waals surface area contributed by atoms with Crippen molar-refractivity contribution in [2.75, 3.05) is 56.2 Å². The lowest BCUT2D eigenvalue weighted by Gasteiger charge is -2.43. The van der Waals surface area contributed by atoms with Gasteiger partial charge in [0.2, 0.25) is 5.91 Å². The molecule has 0 radical (unpaired) electrons. The summed E-state index contributed by atoms with van der Waals surface area (Å²) in [5.41, 5.74) is 4.82. The topological polar surface area (TPSA) is 88.8 Å². The van der Waals surface area contributed by atoms with Gasteiger partial charge in [-0.05, 0) is 75.9 Å². The number of amides is 1. The summed E-state index contributed by atoms with van der Waals surface area (Å²) < 4.78 is 6.31. The second-order valence-electron chi connectivity index (χ2n) is 12.0. The Hall–Kier alpha value is -3.35. The van der Waals surface area contributed by atoms with Crippen molar-refractivity contribution < 1.29 is 9.53 Å². The number of likely N-dealkylation sites (tertiary alicyclic amines) is 1. The van der Waals surface area contributed by atoms with Gasteiger partial charge < -0.3 is 24.3 Å². The SMILES string of the molecule is C=CC(=O)N1CCN(c2nc(OC[C@@H]3CCCN3C)nc3c2CC[C@@H](N2CCCc4ccc(Cl)cc42)C3)C[C@@H]1CC#N. The second-order valence-corrected chi connectivity index (χ2v) is 12.4. The quantitative estimate of drug-likeness (QED) is 0.447. The maximum absolute atomic E-state index is 12.5. The molecule has 1 aliphatic carbocycles. The number of fused-ring (bicyclic) bond motifs is 2. The van der Waals surface area contributed by atoms with E-state index in [0.29, 0.717) is 44.3 Å². The Bertz CT molecular complexity index is 1380. The van der Waals surface area contributed by atoms with Crippen LogP contribution in [0, 0.1) is 11.3 Å². The number of rotatable bonds is 7. The first-order chi connectivity index (χ1) is 20.4. The van der Waals surface area contributed by atoms with E-state index >= 15 is 0 Å². The number of piperazine rings is 1. The molecule has 9 nitrogen and oxygen atoms in total. The van der Waals surface area contributed by atoms with Crippen molar-refractivity contribution in [2.24, 2.45) is 0 Å². The standard InChI is InChI=1S/C32H40ClN7O2/c1-3-30(41)40-17-16-38(20-25(40)12-13-34)31-27-11-10-24(39-15-4-6-22-8-9-23(33)18-29(22)39)19-28(27)35-32(36-31)42-21-26-7-5-14-37(26)2/h3,8-9,18,24-26H,1,4-7,10-12,14-17,19-21H2,2H3/t24-,25+,26+/m1/s1. The van der Waals surface area contributed by atoms with E-state index in [4.69, 9.17) is 26.3 Å². The third-order valence-electron chi connectivity index (χ3n) is 9.49. The number of carbonyl (C=O) groups excluding carboxylic acids is 1. The van der Waals surface area contributed by atoms with Gasteiger partial charge in [-0.2, -0.15) is 15.2 Å². The summed E-state index contributed by atoms with van der Waals surface area (Å²) in [4.78, 5) is 31.4. The average molecular weight is 590 g/mol. The van der Waals surface area contributed by atoms with Crippen LogP contribution in [-0.2, 0) is 24.1 Å². The number of aromatic nitrogens is 2. The highest BCUT2D eigenvalue weighted by Crippen LogP contribution is 2.38. The van der Waals surface area contributed by atoms with E-state index in [9.17, 15) is 10.1 Å². The third-order valence-corrected chi connectivity index (χ3v) is 9.73. The highest BCUT2D eigenvalue weighted by atomic mass is 35.5. The van der Waals surface area contributed by atoms with Crippen LogP contribution in [0.1, 0.15) is 48.9 Å². The average Bonchev–Trinajstić information content (AvgIpc) is 3.43. The molecule has 1 amide bonds. The smallest absolute Gasteiger partial charge is 0.318 e. The minimum atomic E-state index is -0.220. The maximum Gasteiger partial charge on any atom is 0.318 e. The first-order valence-corrected chi connectivity index (χ1v) is 15.7. The van der Waals surface area contributed by atoms with Crippen LogP contribution in [0.25, 0.3) is 0 Å². The van der Waals surface area contributed by atoms with Crippen molar-refractivity contribution in [1.29, 1.82) is 5.26 Å². The molecule has 2 aromatic rings. The number of benzene rings is 1. The first-order valence-electron chi connectivity index (χ1n) is 15.3. The molecule has 1 aromatic heterocycles. The molecule has 0 spiro atoms. The van der Waals surface area contributed by atoms with Crippen molar-refractivity contribution in [3.63, 3.8) is 0 Å². The summed E-state index contributed by atoms with van der Waals surface area (Å²) in [6, 6.07) is 9.43. The summed E-state index contributed by atoms with van der Waals surface area (Å²) in [5.74, 6) is 0.762. The molecule has 4 heterocycles. The Balaban J connectivity index is 1.30. The van der Waals surface area contributed by atoms with Crippen LogP contribution in [0.2, 0.25) is 5.02 Å². The van der Waals surface area contributed by atoms with Gasteiger partial charge in [0.05, 0.1) is 24.2 Å². The predicted molar refractivity (Wildman–Crippen MR) is 164 cm³/mol. The Morgan fingerprint density at radius 3 is 2.83 bits per heavy atom. The van der Waals surface area contributed by atoms with Crippen LogP contribution in [0.4, 0.5) is 11.5 Å². The number of likely N-dealkylation sites (N-methyl/N-ethyl adjacent to an activating group) is 1. The van der Waals surface area contributed by atoms with Crippen LogP contribution in [0.15, 0.2) is 30.9 Å². The van der Waals surface area contributed by atoms with E-state index in [1.54, 1.807) is 4.90 Å². The molecule has 0 N–H and O–H groups in total. The largest absolute Gasteiger partial charge is 0.462 e. The van der Waals surface area contributed by atoms with Crippen molar-refractivity contribution in [1.82, 2.24) is 19.8 Å². The zero-order valence-corrected chi connectivity index (χ0v) is 25.2. The Kier molecular flexibility index (Phi) is 8.55. The Labute approximate surface area is 253 Å². The van der Waals surface area contributed by atoms with Gasteiger partial charge in [0.15, 0.2) is 0 Å². The molecule has 2 fully saturated rings. The number of aryl methyl sites for hydroxylation is 1. The molecule has 0 bridgehead atoms. The zero-order chi connectivity index (χ0) is 29.2. The summed E-state index contributed by atoms with van der Waals surface area (Å²) in [6.45, 7) is 8.02. The maximum atomic E-state index is 12.5. The van der Waals surface area contributed by atoms with Gasteiger partial charge in [-0.25, -0.2) is 0 Å². The van der Waals surface area contributed by atoms with Crippen LogP contribution in [-0.4, -0.2) is 90.2 Å². The van der Waals surface area contributed by atoms with E-state index in [1.165, 1.54) is 29.3 Å². The molecule has 1 aromatic carbocycles. The highest BCUT2D eigenvalue weighted by molar-refractivity contribution is 6.30. The minimum Gasteiger partial charge on any atom is -0.462 e. The number of carbonyl (C=O) groups is 1. The molecule has 222 valence electrons. The molecule has 4 aliphatic rings. The number of nitriles is 1. The Morgan fingerprint density at radius 1 is 1.17 bits per heavy atom. The molecule has 3 aliphatic heterocycles. The molecule has 10 heteroatoms. The van der Waals surface area contributed by atoms with Gasteiger partial charge in [0.25, 0.3) is 0 Å². The van der Waals surface area contributed by atoms with E-state index in [2.05, 4.69) is 46.5 Å². The monoisotopic (exact) mass is 589 g/mol. The van der Waals surface area contributed by atoms with Gasteiger partial charge in [0.1, 0.15) is 12.4 Å². The number of nitrogens with zero attached hydrogens (tertiary/aromatic N) is 7. The summed E-state index contributed by atoms with van der Waals surface area (Å²) in [6.07, 6.45) is 8.78. The fourth-order valence-corrected chi connectivity index (χ4v) is 7.37. The minimum absolute atomic E-state index is 0.130. The van der Waals surface area contributed by atoms with Crippen LogP contribution in [0.5, 0.6) is 6.01 Å². The highest BCUT2D eigenvalue weighted by Gasteiger charge is 2.35. The molecule has 0 unspecified atom stereocenters. The molecular weight excluding hydrogens is 550 g/mol. The lowest BCUT2D eigenvalue weighted by molar-refractivity contribution is -0.128. The Morgan fingerprint density at radius 2 is 2.05 bits per heavy atom. The van der Waals surface area contributed by atoms with Gasteiger partial charge in [-0.1, -0.05) is 24.2 Å². The van der Waals surface area contributed by atoms with Gasteiger partial charge in [-0.3, -0.25) is 4.79 Å². The normalized spacial score (nSPS) is 24.1.